The molecule has 1 aromatic rings. The van der Waals surface area contributed by atoms with Crippen LogP contribution in [0.4, 0.5) is 5.69 Å². The first-order valence-electron chi connectivity index (χ1n) is 6.98. The summed E-state index contributed by atoms with van der Waals surface area (Å²) in [7, 11) is 0. The van der Waals surface area contributed by atoms with Gasteiger partial charge in [0.25, 0.3) is 5.69 Å². The number of nitro benzene ring substituents is 1. The number of nitrogens with two attached hydrogens (primary N) is 1. The number of hydrogen-bond donors (Lipinski definition) is 1. The number of hydrogen-bond acceptors (Lipinski definition) is 4. The number of rotatable bonds is 5. The first-order valence-corrected chi connectivity index (χ1v) is 7.36. The van der Waals surface area contributed by atoms with Crippen molar-refractivity contribution >= 4 is 29.7 Å². The molecular formula is C14H21Cl2N3O2. The van der Waals surface area contributed by atoms with Crippen LogP contribution in [0.2, 0.25) is 5.02 Å². The number of halogens is 2. The van der Waals surface area contributed by atoms with Crippen molar-refractivity contribution in [3.63, 3.8) is 0 Å². The van der Waals surface area contributed by atoms with E-state index < -0.39 is 0 Å². The van der Waals surface area contributed by atoms with Crippen molar-refractivity contribution < 1.29 is 4.92 Å². The molecule has 1 aromatic carbocycles. The van der Waals surface area contributed by atoms with E-state index in [9.17, 15) is 10.1 Å². The largest absolute Gasteiger partial charge is 0.330 e. The lowest BCUT2D eigenvalue weighted by atomic mass is 9.98. The first-order chi connectivity index (χ1) is 9.61. The van der Waals surface area contributed by atoms with Crippen LogP contribution < -0.4 is 5.73 Å². The van der Waals surface area contributed by atoms with E-state index in [2.05, 4.69) is 4.90 Å². The van der Waals surface area contributed by atoms with Crippen LogP contribution >= 0.6 is 24.0 Å². The zero-order valence-corrected chi connectivity index (χ0v) is 13.4. The number of piperidine rings is 1. The maximum Gasteiger partial charge on any atom is 0.273 e. The molecular weight excluding hydrogens is 313 g/mol. The van der Waals surface area contributed by atoms with Crippen LogP contribution in [0.3, 0.4) is 0 Å². The van der Waals surface area contributed by atoms with Gasteiger partial charge in [-0.2, -0.15) is 0 Å². The Bertz CT molecular complexity index is 483. The predicted octanol–water partition coefficient (Wildman–Crippen LogP) is 3.37. The van der Waals surface area contributed by atoms with Gasteiger partial charge in [-0.05, 0) is 44.5 Å². The Hall–Kier alpha value is -0.880. The summed E-state index contributed by atoms with van der Waals surface area (Å²) in [6.07, 6.45) is 4.40. The molecule has 1 saturated heterocycles. The molecule has 0 saturated carbocycles. The normalized spacial score (nSPS) is 19.0. The fourth-order valence-corrected chi connectivity index (χ4v) is 3.06. The van der Waals surface area contributed by atoms with Gasteiger partial charge in [0.1, 0.15) is 0 Å². The molecule has 1 aliphatic heterocycles. The maximum absolute atomic E-state index is 11.1. The van der Waals surface area contributed by atoms with Crippen molar-refractivity contribution in [3.8, 4) is 0 Å². The Kier molecular flexibility index (Phi) is 7.39. The third kappa shape index (κ3) is 4.81. The monoisotopic (exact) mass is 333 g/mol. The molecule has 7 heteroatoms. The molecule has 1 heterocycles. The van der Waals surface area contributed by atoms with Crippen LogP contribution in [0.1, 0.15) is 31.2 Å². The quantitative estimate of drug-likeness (QED) is 0.662. The summed E-state index contributed by atoms with van der Waals surface area (Å²) in [6, 6.07) is 5.18. The van der Waals surface area contributed by atoms with Crippen molar-refractivity contribution in [1.82, 2.24) is 4.90 Å². The summed E-state index contributed by atoms with van der Waals surface area (Å²) >= 11 is 5.98. The standard InChI is InChI=1S/C14H20ClN3O2.ClH/c15-12-4-5-14(18(19)20)11(9-12)10-17-8-2-1-3-13(17)6-7-16;/h4-5,9,13H,1-3,6-8,10,16H2;1H. The molecule has 2 rings (SSSR count). The molecule has 0 aromatic heterocycles. The van der Waals surface area contributed by atoms with Crippen LogP contribution in [0, 0.1) is 10.1 Å². The van der Waals surface area contributed by atoms with E-state index in [1.165, 1.54) is 12.5 Å². The minimum atomic E-state index is -0.340. The van der Waals surface area contributed by atoms with Crippen LogP contribution in [0.5, 0.6) is 0 Å². The SMILES string of the molecule is Cl.NCCC1CCCCN1Cc1cc(Cl)ccc1[N+](=O)[O-]. The van der Waals surface area contributed by atoms with E-state index >= 15 is 0 Å². The Morgan fingerprint density at radius 2 is 2.19 bits per heavy atom. The van der Waals surface area contributed by atoms with Gasteiger partial charge in [0.2, 0.25) is 0 Å². The van der Waals surface area contributed by atoms with E-state index in [0.29, 0.717) is 29.7 Å². The first kappa shape index (κ1) is 18.2. The highest BCUT2D eigenvalue weighted by Gasteiger charge is 2.24. The second-order valence-electron chi connectivity index (χ2n) is 5.23. The number of benzene rings is 1. The van der Waals surface area contributed by atoms with E-state index in [1.54, 1.807) is 12.1 Å². The van der Waals surface area contributed by atoms with Crippen molar-refractivity contribution in [2.24, 2.45) is 5.73 Å². The zero-order chi connectivity index (χ0) is 14.5. The molecule has 0 bridgehead atoms. The third-order valence-corrected chi connectivity index (χ3v) is 4.10. The molecule has 1 atom stereocenters. The molecule has 5 nitrogen and oxygen atoms in total. The summed E-state index contributed by atoms with van der Waals surface area (Å²) in [6.45, 7) is 2.19. The second kappa shape index (κ2) is 8.54. The van der Waals surface area contributed by atoms with E-state index in [-0.39, 0.29) is 23.0 Å². The molecule has 1 aliphatic rings. The Morgan fingerprint density at radius 3 is 2.86 bits per heavy atom. The van der Waals surface area contributed by atoms with Gasteiger partial charge in [-0.1, -0.05) is 18.0 Å². The van der Waals surface area contributed by atoms with Crippen molar-refractivity contribution in [3.05, 3.63) is 38.9 Å². The molecule has 118 valence electrons. The Morgan fingerprint density at radius 1 is 1.43 bits per heavy atom. The van der Waals surface area contributed by atoms with E-state index in [4.69, 9.17) is 17.3 Å². The lowest BCUT2D eigenvalue weighted by Crippen LogP contribution is -2.40. The van der Waals surface area contributed by atoms with Crippen LogP contribution in [-0.2, 0) is 6.54 Å². The van der Waals surface area contributed by atoms with Gasteiger partial charge in [0.05, 0.1) is 4.92 Å². The second-order valence-corrected chi connectivity index (χ2v) is 5.66. The molecule has 1 fully saturated rings. The van der Waals surface area contributed by atoms with Gasteiger partial charge in [-0.3, -0.25) is 15.0 Å². The molecule has 0 spiro atoms. The topological polar surface area (TPSA) is 72.4 Å². The average Bonchev–Trinajstić information content (AvgIpc) is 2.41. The van der Waals surface area contributed by atoms with Gasteiger partial charge < -0.3 is 5.73 Å². The lowest BCUT2D eigenvalue weighted by Gasteiger charge is -2.35. The molecule has 2 N–H and O–H groups in total. The highest BCUT2D eigenvalue weighted by molar-refractivity contribution is 6.30. The summed E-state index contributed by atoms with van der Waals surface area (Å²) in [5, 5.41) is 11.6. The number of nitro groups is 1. The number of nitrogens with zero attached hydrogens (tertiary/aromatic N) is 2. The fraction of sp³-hybridized carbons (Fsp3) is 0.571. The zero-order valence-electron chi connectivity index (χ0n) is 11.8. The van der Waals surface area contributed by atoms with Gasteiger partial charge in [0.15, 0.2) is 0 Å². The van der Waals surface area contributed by atoms with Gasteiger partial charge in [0, 0.05) is 29.2 Å². The summed E-state index contributed by atoms with van der Waals surface area (Å²) in [5.74, 6) is 0. The van der Waals surface area contributed by atoms with Crippen LogP contribution in [0.15, 0.2) is 18.2 Å². The smallest absolute Gasteiger partial charge is 0.273 e. The highest BCUT2D eigenvalue weighted by atomic mass is 35.5. The van der Waals surface area contributed by atoms with E-state index in [1.807, 2.05) is 0 Å². The number of likely N-dealkylation sites (tertiary alicyclic amines) is 1. The van der Waals surface area contributed by atoms with Crippen molar-refractivity contribution in [2.45, 2.75) is 38.3 Å². The highest BCUT2D eigenvalue weighted by Crippen LogP contribution is 2.27. The summed E-state index contributed by atoms with van der Waals surface area (Å²) in [5.41, 5.74) is 6.49. The molecule has 0 radical (unpaired) electrons. The summed E-state index contributed by atoms with van der Waals surface area (Å²) in [4.78, 5) is 13.1. The molecule has 1 unspecified atom stereocenters. The van der Waals surface area contributed by atoms with Gasteiger partial charge in [-0.25, -0.2) is 0 Å². The Labute approximate surface area is 136 Å². The maximum atomic E-state index is 11.1. The van der Waals surface area contributed by atoms with Crippen LogP contribution in [0.25, 0.3) is 0 Å². The molecule has 0 amide bonds. The fourth-order valence-electron chi connectivity index (χ4n) is 2.87. The van der Waals surface area contributed by atoms with Crippen molar-refractivity contribution in [2.75, 3.05) is 13.1 Å². The minimum Gasteiger partial charge on any atom is -0.330 e. The minimum absolute atomic E-state index is 0. The molecule has 0 aliphatic carbocycles. The lowest BCUT2D eigenvalue weighted by molar-refractivity contribution is -0.385. The van der Waals surface area contributed by atoms with Crippen molar-refractivity contribution in [1.29, 1.82) is 0 Å². The van der Waals surface area contributed by atoms with Gasteiger partial charge in [-0.15, -0.1) is 12.4 Å². The predicted molar refractivity (Wildman–Crippen MR) is 87.1 cm³/mol. The average molecular weight is 334 g/mol. The van der Waals surface area contributed by atoms with Crippen LogP contribution in [-0.4, -0.2) is 29.0 Å². The Balaban J connectivity index is 0.00000220. The third-order valence-electron chi connectivity index (χ3n) is 3.86. The van der Waals surface area contributed by atoms with Gasteiger partial charge >= 0.3 is 0 Å². The molecule has 21 heavy (non-hydrogen) atoms. The van der Waals surface area contributed by atoms with E-state index in [0.717, 1.165) is 25.8 Å². The summed E-state index contributed by atoms with van der Waals surface area (Å²) < 4.78 is 0.